The lowest BCUT2D eigenvalue weighted by Crippen LogP contribution is -2.24. The van der Waals surface area contributed by atoms with E-state index in [1.807, 2.05) is 0 Å². The highest BCUT2D eigenvalue weighted by molar-refractivity contribution is 9.10. The minimum absolute atomic E-state index is 0.176. The molecule has 2 aromatic rings. The van der Waals surface area contributed by atoms with Crippen molar-refractivity contribution >= 4 is 48.9 Å². The second-order valence-corrected chi connectivity index (χ2v) is 8.05. The number of thiophene rings is 1. The van der Waals surface area contributed by atoms with Crippen molar-refractivity contribution in [3.8, 4) is 0 Å². The standard InChI is InChI=1S/C13H13BrN2O3S2/c1-16(2)12(17)9-5-3-4-6-11(9)15-21(18,19)13-10(14)7-8-20-13/h3-8,15H,1-2H3. The van der Waals surface area contributed by atoms with E-state index >= 15 is 0 Å². The number of halogens is 1. The van der Waals surface area contributed by atoms with Gasteiger partial charge in [-0.15, -0.1) is 11.3 Å². The average molecular weight is 389 g/mol. The van der Waals surface area contributed by atoms with Crippen molar-refractivity contribution in [2.45, 2.75) is 4.21 Å². The molecule has 0 saturated heterocycles. The second-order valence-electron chi connectivity index (χ2n) is 4.41. The fourth-order valence-corrected chi connectivity index (χ4v) is 5.08. The maximum atomic E-state index is 12.4. The Balaban J connectivity index is 2.41. The topological polar surface area (TPSA) is 66.5 Å². The Morgan fingerprint density at radius 3 is 2.48 bits per heavy atom. The lowest BCUT2D eigenvalue weighted by molar-refractivity contribution is 0.0828. The zero-order chi connectivity index (χ0) is 15.6. The maximum absolute atomic E-state index is 12.4. The third kappa shape index (κ3) is 3.45. The summed E-state index contributed by atoms with van der Waals surface area (Å²) >= 11 is 4.31. The molecular weight excluding hydrogens is 376 g/mol. The number of sulfonamides is 1. The number of nitrogens with zero attached hydrogens (tertiary/aromatic N) is 1. The highest BCUT2D eigenvalue weighted by Gasteiger charge is 2.22. The summed E-state index contributed by atoms with van der Waals surface area (Å²) in [5, 5.41) is 1.68. The first kappa shape index (κ1) is 16.0. The number of amides is 1. The maximum Gasteiger partial charge on any atom is 0.272 e. The molecule has 0 unspecified atom stereocenters. The van der Waals surface area contributed by atoms with Crippen LogP contribution in [0.5, 0.6) is 0 Å². The van der Waals surface area contributed by atoms with Gasteiger partial charge >= 0.3 is 0 Å². The summed E-state index contributed by atoms with van der Waals surface area (Å²) in [4.78, 5) is 13.5. The Kier molecular flexibility index (Phi) is 4.70. The van der Waals surface area contributed by atoms with Crippen LogP contribution in [0.1, 0.15) is 10.4 Å². The summed E-state index contributed by atoms with van der Waals surface area (Å²) in [7, 11) is -0.502. The molecule has 5 nitrogen and oxygen atoms in total. The number of hydrogen-bond acceptors (Lipinski definition) is 4. The van der Waals surface area contributed by atoms with Crippen LogP contribution in [0.3, 0.4) is 0 Å². The van der Waals surface area contributed by atoms with Crippen molar-refractivity contribution in [2.75, 3.05) is 18.8 Å². The van der Waals surface area contributed by atoms with Crippen LogP contribution in [0.15, 0.2) is 44.4 Å². The summed E-state index contributed by atoms with van der Waals surface area (Å²) in [5.74, 6) is -0.265. The summed E-state index contributed by atoms with van der Waals surface area (Å²) < 4.78 is 27.9. The first-order valence-corrected chi connectivity index (χ1v) is 9.05. The fourth-order valence-electron chi connectivity index (χ4n) is 1.66. The lowest BCUT2D eigenvalue weighted by Gasteiger charge is -2.15. The molecule has 21 heavy (non-hydrogen) atoms. The van der Waals surface area contributed by atoms with E-state index in [-0.39, 0.29) is 15.8 Å². The molecule has 1 aromatic heterocycles. The summed E-state index contributed by atoms with van der Waals surface area (Å²) in [6, 6.07) is 8.18. The number of rotatable bonds is 4. The van der Waals surface area contributed by atoms with E-state index in [1.165, 1.54) is 4.90 Å². The Morgan fingerprint density at radius 1 is 1.24 bits per heavy atom. The molecule has 0 bridgehead atoms. The number of nitrogens with one attached hydrogen (secondary N) is 1. The molecule has 8 heteroatoms. The fraction of sp³-hybridized carbons (Fsp3) is 0.154. The van der Waals surface area contributed by atoms with Gasteiger partial charge in [0.2, 0.25) is 0 Å². The molecule has 1 N–H and O–H groups in total. The molecule has 2 rings (SSSR count). The average Bonchev–Trinajstić information content (AvgIpc) is 2.85. The monoisotopic (exact) mass is 388 g/mol. The largest absolute Gasteiger partial charge is 0.345 e. The van der Waals surface area contributed by atoms with Gasteiger partial charge in [0, 0.05) is 18.6 Å². The molecule has 1 aromatic carbocycles. The van der Waals surface area contributed by atoms with E-state index in [0.29, 0.717) is 10.0 Å². The Morgan fingerprint density at radius 2 is 1.90 bits per heavy atom. The van der Waals surface area contributed by atoms with Crippen molar-refractivity contribution in [1.82, 2.24) is 4.90 Å². The normalized spacial score (nSPS) is 11.2. The highest BCUT2D eigenvalue weighted by atomic mass is 79.9. The van der Waals surface area contributed by atoms with E-state index in [4.69, 9.17) is 0 Å². The molecule has 0 fully saturated rings. The molecule has 0 atom stereocenters. The third-order valence-corrected chi connectivity index (χ3v) is 6.67. The minimum atomic E-state index is -3.73. The molecule has 1 amide bonds. The van der Waals surface area contributed by atoms with Gasteiger partial charge in [-0.25, -0.2) is 8.42 Å². The van der Waals surface area contributed by atoms with Gasteiger partial charge < -0.3 is 4.90 Å². The van der Waals surface area contributed by atoms with Crippen molar-refractivity contribution < 1.29 is 13.2 Å². The Hall–Kier alpha value is -1.38. The quantitative estimate of drug-likeness (QED) is 0.874. The summed E-state index contributed by atoms with van der Waals surface area (Å²) in [5.41, 5.74) is 0.565. The third-order valence-electron chi connectivity index (χ3n) is 2.64. The first-order chi connectivity index (χ1) is 9.83. The van der Waals surface area contributed by atoms with Crippen molar-refractivity contribution in [1.29, 1.82) is 0 Å². The minimum Gasteiger partial charge on any atom is -0.345 e. The van der Waals surface area contributed by atoms with Crippen LogP contribution < -0.4 is 4.72 Å². The number of anilines is 1. The van der Waals surface area contributed by atoms with E-state index < -0.39 is 10.0 Å². The van der Waals surface area contributed by atoms with Crippen LogP contribution in [0, 0.1) is 0 Å². The van der Waals surface area contributed by atoms with Crippen LogP contribution in [-0.2, 0) is 10.0 Å². The SMILES string of the molecule is CN(C)C(=O)c1ccccc1NS(=O)(=O)c1sccc1Br. The molecule has 1 heterocycles. The molecular formula is C13H13BrN2O3S2. The number of para-hydroxylation sites is 1. The molecule has 0 aliphatic heterocycles. The van der Waals surface area contributed by atoms with Crippen molar-refractivity contribution in [2.24, 2.45) is 0 Å². The zero-order valence-electron chi connectivity index (χ0n) is 11.3. The van der Waals surface area contributed by atoms with Crippen molar-refractivity contribution in [3.05, 3.63) is 45.7 Å². The van der Waals surface area contributed by atoms with Crippen LogP contribution in [0.2, 0.25) is 0 Å². The van der Waals surface area contributed by atoms with Crippen molar-refractivity contribution in [3.63, 3.8) is 0 Å². The van der Waals surface area contributed by atoms with Gasteiger partial charge in [0.25, 0.3) is 15.9 Å². The van der Waals surface area contributed by atoms with E-state index in [0.717, 1.165) is 11.3 Å². The summed E-state index contributed by atoms with van der Waals surface area (Å²) in [6.07, 6.45) is 0. The first-order valence-electron chi connectivity index (χ1n) is 5.89. The van der Waals surface area contributed by atoms with Gasteiger partial charge in [-0.3, -0.25) is 9.52 Å². The number of benzene rings is 1. The van der Waals surface area contributed by atoms with Gasteiger partial charge in [0.15, 0.2) is 4.21 Å². The molecule has 0 aliphatic rings. The number of carbonyl (C=O) groups excluding carboxylic acids is 1. The number of hydrogen-bond donors (Lipinski definition) is 1. The Labute approximate surface area is 135 Å². The smallest absolute Gasteiger partial charge is 0.272 e. The van der Waals surface area contributed by atoms with Gasteiger partial charge in [-0.2, -0.15) is 0 Å². The summed E-state index contributed by atoms with van der Waals surface area (Å²) in [6.45, 7) is 0. The Bertz CT molecular complexity index is 769. The van der Waals surface area contributed by atoms with Gasteiger partial charge in [-0.05, 0) is 39.5 Å². The van der Waals surface area contributed by atoms with Gasteiger partial charge in [0.1, 0.15) is 0 Å². The molecule has 0 radical (unpaired) electrons. The zero-order valence-corrected chi connectivity index (χ0v) is 14.5. The van der Waals surface area contributed by atoms with E-state index in [1.54, 1.807) is 49.8 Å². The van der Waals surface area contributed by atoms with Crippen LogP contribution in [0.4, 0.5) is 5.69 Å². The van der Waals surface area contributed by atoms with E-state index in [2.05, 4.69) is 20.7 Å². The highest BCUT2D eigenvalue weighted by Crippen LogP contribution is 2.30. The molecule has 0 saturated carbocycles. The number of carbonyl (C=O) groups is 1. The van der Waals surface area contributed by atoms with Crippen LogP contribution in [-0.4, -0.2) is 33.3 Å². The van der Waals surface area contributed by atoms with Gasteiger partial charge in [-0.1, -0.05) is 12.1 Å². The van der Waals surface area contributed by atoms with Crippen LogP contribution in [0.25, 0.3) is 0 Å². The van der Waals surface area contributed by atoms with Crippen LogP contribution >= 0.6 is 27.3 Å². The predicted molar refractivity (Wildman–Crippen MR) is 87.3 cm³/mol. The van der Waals surface area contributed by atoms with E-state index in [9.17, 15) is 13.2 Å². The molecule has 0 spiro atoms. The predicted octanol–water partition coefficient (Wildman–Crippen LogP) is 3.01. The second kappa shape index (κ2) is 6.17. The molecule has 112 valence electrons. The molecule has 0 aliphatic carbocycles. The van der Waals surface area contributed by atoms with Gasteiger partial charge in [0.05, 0.1) is 11.3 Å². The lowest BCUT2D eigenvalue weighted by atomic mass is 10.1.